The van der Waals surface area contributed by atoms with Crippen molar-refractivity contribution in [1.29, 1.82) is 0 Å². The third kappa shape index (κ3) is 3.24. The van der Waals surface area contributed by atoms with E-state index >= 15 is 0 Å². The minimum Gasteiger partial charge on any atom is -0.481 e. The zero-order valence-electron chi connectivity index (χ0n) is 12.4. The first-order valence-electron chi connectivity index (χ1n) is 6.88. The summed E-state index contributed by atoms with van der Waals surface area (Å²) < 4.78 is 39.2. The Morgan fingerprint density at radius 1 is 1.43 bits per heavy atom. The van der Waals surface area contributed by atoms with Crippen LogP contribution in [0.2, 0.25) is 0 Å². The average Bonchev–Trinajstić information content (AvgIpc) is 2.83. The molecule has 1 aliphatic rings. The largest absolute Gasteiger partial charge is 0.481 e. The molecule has 1 N–H and O–H groups in total. The molecular formula is C13H21F3N2O3. The van der Waals surface area contributed by atoms with Crippen molar-refractivity contribution in [3.63, 3.8) is 0 Å². The first-order valence-corrected chi connectivity index (χ1v) is 6.88. The van der Waals surface area contributed by atoms with Gasteiger partial charge in [-0.05, 0) is 19.8 Å². The zero-order chi connectivity index (χ0) is 16.4. The van der Waals surface area contributed by atoms with E-state index in [4.69, 9.17) is 5.11 Å². The van der Waals surface area contributed by atoms with Crippen LogP contribution in [0.4, 0.5) is 18.0 Å². The van der Waals surface area contributed by atoms with Crippen LogP contribution in [0.1, 0.15) is 33.1 Å². The summed E-state index contributed by atoms with van der Waals surface area (Å²) in [6.45, 7) is 2.73. The van der Waals surface area contributed by atoms with Crippen LogP contribution in [-0.4, -0.2) is 59.3 Å². The second kappa shape index (κ2) is 6.11. The van der Waals surface area contributed by atoms with Gasteiger partial charge in [0.2, 0.25) is 0 Å². The maximum Gasteiger partial charge on any atom is 0.406 e. The molecule has 0 saturated carbocycles. The summed E-state index contributed by atoms with van der Waals surface area (Å²) >= 11 is 0. The van der Waals surface area contributed by atoms with Gasteiger partial charge in [-0.1, -0.05) is 13.3 Å². The van der Waals surface area contributed by atoms with Crippen LogP contribution >= 0.6 is 0 Å². The highest BCUT2D eigenvalue weighted by Gasteiger charge is 2.64. The summed E-state index contributed by atoms with van der Waals surface area (Å²) in [6, 6.07) is -0.656. The molecule has 2 atom stereocenters. The fraction of sp³-hybridized carbons (Fsp3) is 0.846. The van der Waals surface area contributed by atoms with Gasteiger partial charge in [-0.25, -0.2) is 4.79 Å². The molecule has 122 valence electrons. The molecule has 0 aromatic heterocycles. The molecule has 1 rings (SSSR count). The Labute approximate surface area is 121 Å². The first kappa shape index (κ1) is 17.6. The van der Waals surface area contributed by atoms with Crippen molar-refractivity contribution in [3.8, 4) is 0 Å². The van der Waals surface area contributed by atoms with E-state index in [2.05, 4.69) is 0 Å². The number of amides is 2. The Balaban J connectivity index is 2.86. The van der Waals surface area contributed by atoms with Gasteiger partial charge in [0.05, 0.1) is 0 Å². The number of halogens is 3. The number of hydrogen-bond donors (Lipinski definition) is 1. The van der Waals surface area contributed by atoms with Gasteiger partial charge in [0, 0.05) is 26.2 Å². The lowest BCUT2D eigenvalue weighted by atomic mass is 9.86. The molecule has 1 fully saturated rings. The molecule has 0 aliphatic carbocycles. The standard InChI is InChI=1S/C13H21F3N2O3/c1-4-5-9(2)17(3)11(21)18-7-6-12(8-18,10(19)20)13(14,15)16/h9H,4-8H2,1-3H3,(H,19,20). The van der Waals surface area contributed by atoms with Crippen LogP contribution in [-0.2, 0) is 4.79 Å². The molecule has 0 aromatic carbocycles. The van der Waals surface area contributed by atoms with Crippen molar-refractivity contribution in [2.45, 2.75) is 45.3 Å². The fourth-order valence-electron chi connectivity index (χ4n) is 2.52. The predicted molar refractivity (Wildman–Crippen MR) is 69.8 cm³/mol. The van der Waals surface area contributed by atoms with E-state index in [0.29, 0.717) is 0 Å². The third-order valence-corrected chi connectivity index (χ3v) is 4.16. The van der Waals surface area contributed by atoms with Crippen LogP contribution in [0.25, 0.3) is 0 Å². The number of carbonyl (C=O) groups excluding carboxylic acids is 1. The second-order valence-corrected chi connectivity index (χ2v) is 5.59. The molecule has 5 nitrogen and oxygen atoms in total. The van der Waals surface area contributed by atoms with Crippen LogP contribution in [0.5, 0.6) is 0 Å². The molecule has 2 unspecified atom stereocenters. The van der Waals surface area contributed by atoms with Gasteiger partial charge in [0.15, 0.2) is 5.41 Å². The van der Waals surface area contributed by atoms with E-state index in [1.165, 1.54) is 11.9 Å². The highest BCUT2D eigenvalue weighted by molar-refractivity contribution is 5.80. The Bertz CT molecular complexity index is 414. The van der Waals surface area contributed by atoms with E-state index in [1.54, 1.807) is 0 Å². The van der Waals surface area contributed by atoms with Crippen molar-refractivity contribution in [2.24, 2.45) is 5.41 Å². The number of hydrogen-bond acceptors (Lipinski definition) is 2. The molecule has 0 bridgehead atoms. The Morgan fingerprint density at radius 2 is 2.00 bits per heavy atom. The van der Waals surface area contributed by atoms with Gasteiger partial charge in [-0.15, -0.1) is 0 Å². The van der Waals surface area contributed by atoms with E-state index < -0.39 is 36.6 Å². The Hall–Kier alpha value is -1.47. The number of aliphatic carboxylic acids is 1. The van der Waals surface area contributed by atoms with Crippen LogP contribution in [0, 0.1) is 5.41 Å². The second-order valence-electron chi connectivity index (χ2n) is 5.59. The molecule has 0 radical (unpaired) electrons. The van der Waals surface area contributed by atoms with Crippen LogP contribution < -0.4 is 0 Å². The molecular weight excluding hydrogens is 289 g/mol. The van der Waals surface area contributed by atoms with Gasteiger partial charge in [0.25, 0.3) is 0 Å². The van der Waals surface area contributed by atoms with Gasteiger partial charge >= 0.3 is 18.2 Å². The topological polar surface area (TPSA) is 60.9 Å². The molecule has 1 saturated heterocycles. The fourth-order valence-corrected chi connectivity index (χ4v) is 2.52. The Morgan fingerprint density at radius 3 is 2.38 bits per heavy atom. The average molecular weight is 310 g/mol. The SMILES string of the molecule is CCCC(C)N(C)C(=O)N1CCC(C(=O)O)(C(F)(F)F)C1. The van der Waals surface area contributed by atoms with Crippen molar-refractivity contribution >= 4 is 12.0 Å². The van der Waals surface area contributed by atoms with E-state index in [0.717, 1.165) is 17.7 Å². The minimum atomic E-state index is -4.87. The van der Waals surface area contributed by atoms with E-state index in [1.807, 2.05) is 13.8 Å². The molecule has 2 amide bonds. The number of alkyl halides is 3. The molecule has 1 heterocycles. The predicted octanol–water partition coefficient (Wildman–Crippen LogP) is 2.57. The van der Waals surface area contributed by atoms with Crippen molar-refractivity contribution in [3.05, 3.63) is 0 Å². The number of rotatable bonds is 4. The smallest absolute Gasteiger partial charge is 0.406 e. The molecule has 0 aromatic rings. The van der Waals surface area contributed by atoms with Crippen molar-refractivity contribution < 1.29 is 27.9 Å². The number of nitrogens with zero attached hydrogens (tertiary/aromatic N) is 2. The number of carboxylic acids is 1. The van der Waals surface area contributed by atoms with Crippen molar-refractivity contribution in [1.82, 2.24) is 9.80 Å². The lowest BCUT2D eigenvalue weighted by Crippen LogP contribution is -2.50. The van der Waals surface area contributed by atoms with Gasteiger partial charge in [-0.2, -0.15) is 13.2 Å². The highest BCUT2D eigenvalue weighted by Crippen LogP contribution is 2.45. The summed E-state index contributed by atoms with van der Waals surface area (Å²) in [7, 11) is 1.52. The number of urea groups is 1. The first-order chi connectivity index (χ1) is 9.56. The third-order valence-electron chi connectivity index (χ3n) is 4.16. The highest BCUT2D eigenvalue weighted by atomic mass is 19.4. The summed E-state index contributed by atoms with van der Waals surface area (Å²) in [4.78, 5) is 25.6. The number of likely N-dealkylation sites (tertiary alicyclic amines) is 1. The molecule has 8 heteroatoms. The summed E-state index contributed by atoms with van der Waals surface area (Å²) in [5.74, 6) is -1.92. The quantitative estimate of drug-likeness (QED) is 0.868. The molecule has 1 aliphatic heterocycles. The number of carbonyl (C=O) groups is 2. The van der Waals surface area contributed by atoms with Crippen LogP contribution in [0.15, 0.2) is 0 Å². The van der Waals surface area contributed by atoms with E-state index in [-0.39, 0.29) is 12.6 Å². The minimum absolute atomic E-state index is 0.104. The van der Waals surface area contributed by atoms with Gasteiger partial charge < -0.3 is 14.9 Å². The lowest BCUT2D eigenvalue weighted by molar-refractivity contribution is -0.227. The Kier molecular flexibility index (Phi) is 5.11. The van der Waals surface area contributed by atoms with Crippen molar-refractivity contribution in [2.75, 3.05) is 20.1 Å². The molecule has 0 spiro atoms. The lowest BCUT2D eigenvalue weighted by Gasteiger charge is -2.31. The molecule has 21 heavy (non-hydrogen) atoms. The monoisotopic (exact) mass is 310 g/mol. The van der Waals surface area contributed by atoms with E-state index in [9.17, 15) is 22.8 Å². The summed E-state index contributed by atoms with van der Waals surface area (Å²) in [5, 5.41) is 8.96. The summed E-state index contributed by atoms with van der Waals surface area (Å²) in [6.07, 6.45) is -3.89. The van der Waals surface area contributed by atoms with Gasteiger partial charge in [0.1, 0.15) is 0 Å². The van der Waals surface area contributed by atoms with Crippen LogP contribution in [0.3, 0.4) is 0 Å². The maximum atomic E-state index is 13.1. The zero-order valence-corrected chi connectivity index (χ0v) is 12.4. The van der Waals surface area contributed by atoms with Gasteiger partial charge in [-0.3, -0.25) is 4.79 Å². The summed E-state index contributed by atoms with van der Waals surface area (Å²) in [5.41, 5.74) is -2.85. The number of carboxylic acid groups (broad SMARTS) is 1. The maximum absolute atomic E-state index is 13.1. The normalized spacial score (nSPS) is 24.0.